The third-order valence-electron chi connectivity index (χ3n) is 4.06. The summed E-state index contributed by atoms with van der Waals surface area (Å²) in [7, 11) is 0. The normalized spacial score (nSPS) is 17.5. The van der Waals surface area contributed by atoms with E-state index in [1.165, 1.54) is 5.69 Å². The Balaban J connectivity index is 1.50. The molecule has 0 radical (unpaired) electrons. The van der Waals surface area contributed by atoms with Crippen molar-refractivity contribution in [2.45, 2.75) is 6.42 Å². The van der Waals surface area contributed by atoms with Crippen LogP contribution in [0.2, 0.25) is 0 Å². The molecule has 0 aliphatic carbocycles. The quantitative estimate of drug-likeness (QED) is 0.788. The zero-order valence-electron chi connectivity index (χ0n) is 12.3. The van der Waals surface area contributed by atoms with Crippen LogP contribution in [0.3, 0.4) is 0 Å². The van der Waals surface area contributed by atoms with E-state index in [4.69, 9.17) is 0 Å². The van der Waals surface area contributed by atoms with Crippen molar-refractivity contribution in [1.29, 1.82) is 0 Å². The van der Waals surface area contributed by atoms with Crippen molar-refractivity contribution in [3.8, 4) is 0 Å². The first kappa shape index (κ1) is 15.3. The summed E-state index contributed by atoms with van der Waals surface area (Å²) < 4.78 is 1.14. The zero-order chi connectivity index (χ0) is 15.4. The van der Waals surface area contributed by atoms with E-state index in [2.05, 4.69) is 57.1 Å². The highest BCUT2D eigenvalue weighted by Gasteiger charge is 2.23. The number of carbonyl (C=O) groups excluding carboxylic acids is 1. The van der Waals surface area contributed by atoms with Crippen molar-refractivity contribution in [2.75, 3.05) is 24.5 Å². The van der Waals surface area contributed by atoms with Gasteiger partial charge in [0, 0.05) is 34.5 Å². The van der Waals surface area contributed by atoms with Gasteiger partial charge in [-0.15, -0.1) is 0 Å². The molecule has 0 spiro atoms. The molecule has 114 valence electrons. The van der Waals surface area contributed by atoms with E-state index in [1.807, 2.05) is 30.3 Å². The van der Waals surface area contributed by atoms with Gasteiger partial charge in [-0.2, -0.15) is 0 Å². The molecule has 1 heterocycles. The fourth-order valence-corrected chi connectivity index (χ4v) is 3.17. The molecule has 3 rings (SSSR count). The van der Waals surface area contributed by atoms with Crippen LogP contribution in [-0.4, -0.2) is 25.5 Å². The molecule has 0 aromatic heterocycles. The number of rotatable bonds is 4. The molecule has 1 unspecified atom stereocenters. The van der Waals surface area contributed by atoms with Crippen LogP contribution in [0.5, 0.6) is 0 Å². The Morgan fingerprint density at radius 3 is 2.59 bits per heavy atom. The maximum atomic E-state index is 12.1. The molecule has 1 fully saturated rings. The number of nitrogens with zero attached hydrogens (tertiary/aromatic N) is 1. The first-order valence-electron chi connectivity index (χ1n) is 7.56. The van der Waals surface area contributed by atoms with Crippen molar-refractivity contribution in [3.05, 3.63) is 63.7 Å². The van der Waals surface area contributed by atoms with E-state index in [0.717, 1.165) is 35.2 Å². The summed E-state index contributed by atoms with van der Waals surface area (Å²) in [5.74, 6) is 0.544. The first-order chi connectivity index (χ1) is 10.7. The van der Waals surface area contributed by atoms with Crippen molar-refractivity contribution in [2.24, 2.45) is 5.92 Å². The second-order valence-corrected chi connectivity index (χ2v) is 6.90. The molecule has 1 aliphatic heterocycles. The number of nitrogens with one attached hydrogen (secondary N) is 1. The highest BCUT2D eigenvalue weighted by atomic mass is 127. The standard InChI is InChI=1S/C18H19IN2O/c19-16-8-6-15(7-9-16)18(22)20-12-14-10-11-21(13-14)17-4-2-1-3-5-17/h1-9,14H,10-13H2,(H,20,22). The zero-order valence-corrected chi connectivity index (χ0v) is 14.5. The van der Waals surface area contributed by atoms with Crippen molar-refractivity contribution < 1.29 is 4.79 Å². The Hall–Kier alpha value is -1.56. The lowest BCUT2D eigenvalue weighted by atomic mass is 10.1. The van der Waals surface area contributed by atoms with Gasteiger partial charge < -0.3 is 10.2 Å². The molecule has 1 N–H and O–H groups in total. The van der Waals surface area contributed by atoms with E-state index in [-0.39, 0.29) is 5.91 Å². The summed E-state index contributed by atoms with van der Waals surface area (Å²) in [4.78, 5) is 14.5. The van der Waals surface area contributed by atoms with Crippen LogP contribution in [0.25, 0.3) is 0 Å². The van der Waals surface area contributed by atoms with E-state index in [1.54, 1.807) is 0 Å². The van der Waals surface area contributed by atoms with E-state index in [9.17, 15) is 4.79 Å². The molecule has 3 nitrogen and oxygen atoms in total. The molecule has 1 amide bonds. The van der Waals surface area contributed by atoms with Gasteiger partial charge in [-0.1, -0.05) is 18.2 Å². The SMILES string of the molecule is O=C(NCC1CCN(c2ccccc2)C1)c1ccc(I)cc1. The number of benzene rings is 2. The first-order valence-corrected chi connectivity index (χ1v) is 8.64. The van der Waals surface area contributed by atoms with Gasteiger partial charge in [-0.3, -0.25) is 4.79 Å². The number of carbonyl (C=O) groups is 1. The maximum absolute atomic E-state index is 12.1. The summed E-state index contributed by atoms with van der Waals surface area (Å²) in [5, 5.41) is 3.06. The Morgan fingerprint density at radius 1 is 1.14 bits per heavy atom. The van der Waals surface area contributed by atoms with Crippen LogP contribution < -0.4 is 10.2 Å². The predicted octanol–water partition coefficient (Wildman–Crippen LogP) is 3.55. The lowest BCUT2D eigenvalue weighted by Gasteiger charge is -2.18. The predicted molar refractivity (Wildman–Crippen MR) is 98.3 cm³/mol. The monoisotopic (exact) mass is 406 g/mol. The third kappa shape index (κ3) is 3.80. The number of para-hydroxylation sites is 1. The molecule has 0 bridgehead atoms. The van der Waals surface area contributed by atoms with Gasteiger partial charge >= 0.3 is 0 Å². The number of anilines is 1. The number of amides is 1. The third-order valence-corrected chi connectivity index (χ3v) is 4.78. The second-order valence-electron chi connectivity index (χ2n) is 5.65. The molecular weight excluding hydrogens is 387 g/mol. The van der Waals surface area contributed by atoms with Crippen LogP contribution in [0.15, 0.2) is 54.6 Å². The highest BCUT2D eigenvalue weighted by molar-refractivity contribution is 14.1. The van der Waals surface area contributed by atoms with E-state index in [0.29, 0.717) is 5.92 Å². The molecule has 1 atom stereocenters. The summed E-state index contributed by atoms with van der Waals surface area (Å²) in [6, 6.07) is 18.1. The molecule has 1 aliphatic rings. The summed E-state index contributed by atoms with van der Waals surface area (Å²) >= 11 is 2.24. The van der Waals surface area contributed by atoms with Gasteiger partial charge in [0.25, 0.3) is 5.91 Å². The summed E-state index contributed by atoms with van der Waals surface area (Å²) in [6.07, 6.45) is 1.13. The molecule has 0 saturated carbocycles. The molecule has 4 heteroatoms. The van der Waals surface area contributed by atoms with Crippen molar-refractivity contribution in [3.63, 3.8) is 0 Å². The van der Waals surface area contributed by atoms with Gasteiger partial charge in [0.2, 0.25) is 0 Å². The fourth-order valence-electron chi connectivity index (χ4n) is 2.81. The fraction of sp³-hybridized carbons (Fsp3) is 0.278. The largest absolute Gasteiger partial charge is 0.371 e. The Morgan fingerprint density at radius 2 is 1.86 bits per heavy atom. The number of halogens is 1. The molecule has 22 heavy (non-hydrogen) atoms. The van der Waals surface area contributed by atoms with Crippen LogP contribution in [0, 0.1) is 9.49 Å². The summed E-state index contributed by atoms with van der Waals surface area (Å²) in [5.41, 5.74) is 2.01. The second kappa shape index (κ2) is 7.13. The Labute approximate surface area is 144 Å². The van der Waals surface area contributed by atoms with Gasteiger partial charge in [-0.25, -0.2) is 0 Å². The molecule has 2 aromatic carbocycles. The molecule has 2 aromatic rings. The van der Waals surface area contributed by atoms with Gasteiger partial charge in [0.15, 0.2) is 0 Å². The topological polar surface area (TPSA) is 32.3 Å². The minimum atomic E-state index is 0.0227. The van der Waals surface area contributed by atoms with Gasteiger partial charge in [0.05, 0.1) is 0 Å². The minimum absolute atomic E-state index is 0.0227. The summed E-state index contributed by atoms with van der Waals surface area (Å²) in [6.45, 7) is 2.82. The van der Waals surface area contributed by atoms with E-state index < -0.39 is 0 Å². The average Bonchev–Trinajstić information content (AvgIpc) is 3.03. The molecular formula is C18H19IN2O. The lowest BCUT2D eigenvalue weighted by molar-refractivity contribution is 0.0948. The number of hydrogen-bond acceptors (Lipinski definition) is 2. The lowest BCUT2D eigenvalue weighted by Crippen LogP contribution is -2.31. The smallest absolute Gasteiger partial charge is 0.251 e. The Bertz CT molecular complexity index is 627. The van der Waals surface area contributed by atoms with Crippen LogP contribution >= 0.6 is 22.6 Å². The van der Waals surface area contributed by atoms with Crippen LogP contribution in [-0.2, 0) is 0 Å². The van der Waals surface area contributed by atoms with Gasteiger partial charge in [-0.05, 0) is 71.3 Å². The number of hydrogen-bond donors (Lipinski definition) is 1. The van der Waals surface area contributed by atoms with Crippen LogP contribution in [0.4, 0.5) is 5.69 Å². The average molecular weight is 406 g/mol. The van der Waals surface area contributed by atoms with Crippen LogP contribution in [0.1, 0.15) is 16.8 Å². The van der Waals surface area contributed by atoms with Gasteiger partial charge in [0.1, 0.15) is 0 Å². The van der Waals surface area contributed by atoms with E-state index >= 15 is 0 Å². The van der Waals surface area contributed by atoms with Crippen molar-refractivity contribution >= 4 is 34.2 Å². The maximum Gasteiger partial charge on any atom is 0.251 e. The Kier molecular flexibility index (Phi) is 4.97. The van der Waals surface area contributed by atoms with Crippen molar-refractivity contribution in [1.82, 2.24) is 5.32 Å². The minimum Gasteiger partial charge on any atom is -0.371 e. The molecule has 1 saturated heterocycles. The highest BCUT2D eigenvalue weighted by Crippen LogP contribution is 2.23.